The van der Waals surface area contributed by atoms with E-state index >= 15 is 0 Å². The van der Waals surface area contributed by atoms with E-state index in [1.165, 1.54) is 16.0 Å². The van der Waals surface area contributed by atoms with Gasteiger partial charge in [-0.15, -0.1) is 11.3 Å². The number of aromatic nitrogens is 2. The first-order valence-electron chi connectivity index (χ1n) is 6.48. The molecule has 0 unspecified atom stereocenters. The fraction of sp³-hybridized carbons (Fsp3) is 0.267. The molecule has 4 heteroatoms. The number of hydrogen-bond donors (Lipinski definition) is 1. The lowest BCUT2D eigenvalue weighted by Gasteiger charge is -2.06. The van der Waals surface area contributed by atoms with E-state index in [4.69, 9.17) is 0 Å². The molecule has 98 valence electrons. The van der Waals surface area contributed by atoms with Crippen molar-refractivity contribution < 1.29 is 0 Å². The van der Waals surface area contributed by atoms with Crippen LogP contribution in [0.3, 0.4) is 0 Å². The Morgan fingerprint density at radius 3 is 3.00 bits per heavy atom. The zero-order chi connectivity index (χ0) is 13.1. The van der Waals surface area contributed by atoms with Gasteiger partial charge >= 0.3 is 0 Å². The van der Waals surface area contributed by atoms with Gasteiger partial charge in [0.1, 0.15) is 0 Å². The normalized spacial score (nSPS) is 11.2. The highest BCUT2D eigenvalue weighted by atomic mass is 32.1. The van der Waals surface area contributed by atoms with Crippen molar-refractivity contribution in [3.05, 3.63) is 52.5 Å². The number of hydrogen-bond acceptors (Lipinski definition) is 3. The second kappa shape index (κ2) is 5.55. The summed E-state index contributed by atoms with van der Waals surface area (Å²) in [5, 5.41) is 5.64. The van der Waals surface area contributed by atoms with Crippen LogP contribution in [-0.4, -0.2) is 16.1 Å². The SMILES string of the molecule is Cc1ccsc1CNCCn1cnc2ccccc21. The summed E-state index contributed by atoms with van der Waals surface area (Å²) in [6.07, 6.45) is 1.92. The highest BCUT2D eigenvalue weighted by Crippen LogP contribution is 2.15. The molecule has 3 aromatic rings. The number of nitrogens with one attached hydrogen (secondary N) is 1. The molecule has 0 aliphatic heterocycles. The molecule has 0 bridgehead atoms. The van der Waals surface area contributed by atoms with Crippen molar-refractivity contribution in [1.82, 2.24) is 14.9 Å². The van der Waals surface area contributed by atoms with E-state index in [0.717, 1.165) is 25.2 Å². The highest BCUT2D eigenvalue weighted by Gasteiger charge is 2.01. The van der Waals surface area contributed by atoms with Gasteiger partial charge in [-0.1, -0.05) is 12.1 Å². The fourth-order valence-electron chi connectivity index (χ4n) is 2.18. The summed E-state index contributed by atoms with van der Waals surface area (Å²) in [7, 11) is 0. The average Bonchev–Trinajstić information content (AvgIpc) is 3.02. The molecule has 0 saturated carbocycles. The van der Waals surface area contributed by atoms with Crippen LogP contribution in [0.1, 0.15) is 10.4 Å². The number of thiophene rings is 1. The monoisotopic (exact) mass is 271 g/mol. The van der Waals surface area contributed by atoms with Gasteiger partial charge in [0.15, 0.2) is 0 Å². The number of rotatable bonds is 5. The van der Waals surface area contributed by atoms with E-state index in [9.17, 15) is 0 Å². The van der Waals surface area contributed by atoms with Crippen molar-refractivity contribution in [3.63, 3.8) is 0 Å². The molecule has 1 aromatic carbocycles. The Morgan fingerprint density at radius 1 is 1.26 bits per heavy atom. The first kappa shape index (κ1) is 12.4. The molecule has 19 heavy (non-hydrogen) atoms. The summed E-state index contributed by atoms with van der Waals surface area (Å²) >= 11 is 1.82. The molecule has 1 N–H and O–H groups in total. The quantitative estimate of drug-likeness (QED) is 0.722. The molecule has 2 heterocycles. The molecule has 0 amide bonds. The van der Waals surface area contributed by atoms with Gasteiger partial charge in [-0.3, -0.25) is 0 Å². The second-order valence-electron chi connectivity index (χ2n) is 4.63. The van der Waals surface area contributed by atoms with Crippen molar-refractivity contribution in [2.24, 2.45) is 0 Å². The van der Waals surface area contributed by atoms with Gasteiger partial charge in [-0.05, 0) is 36.1 Å². The lowest BCUT2D eigenvalue weighted by atomic mass is 10.3. The third-order valence-electron chi connectivity index (χ3n) is 3.31. The Hall–Kier alpha value is -1.65. The van der Waals surface area contributed by atoms with E-state index in [-0.39, 0.29) is 0 Å². The van der Waals surface area contributed by atoms with Crippen LogP contribution in [0.15, 0.2) is 42.0 Å². The largest absolute Gasteiger partial charge is 0.329 e. The minimum absolute atomic E-state index is 0.949. The number of benzene rings is 1. The van der Waals surface area contributed by atoms with E-state index in [0.29, 0.717) is 0 Å². The summed E-state index contributed by atoms with van der Waals surface area (Å²) in [6, 6.07) is 10.4. The Labute approximate surface area is 116 Å². The van der Waals surface area contributed by atoms with E-state index in [1.54, 1.807) is 0 Å². The van der Waals surface area contributed by atoms with Gasteiger partial charge in [0.2, 0.25) is 0 Å². The molecule has 0 aliphatic rings. The maximum Gasteiger partial charge on any atom is 0.0958 e. The van der Waals surface area contributed by atoms with Crippen LogP contribution in [-0.2, 0) is 13.1 Å². The van der Waals surface area contributed by atoms with Gasteiger partial charge in [-0.25, -0.2) is 4.98 Å². The summed E-state index contributed by atoms with van der Waals surface area (Å²) in [5.74, 6) is 0. The van der Waals surface area contributed by atoms with Crippen molar-refractivity contribution in [3.8, 4) is 0 Å². The van der Waals surface area contributed by atoms with Crippen molar-refractivity contribution in [2.45, 2.75) is 20.0 Å². The standard InChI is InChI=1S/C15H17N3S/c1-12-6-9-19-15(12)10-16-7-8-18-11-17-13-4-2-3-5-14(13)18/h2-6,9,11,16H,7-8,10H2,1H3. The van der Waals surface area contributed by atoms with E-state index in [1.807, 2.05) is 29.8 Å². The predicted molar refractivity (Wildman–Crippen MR) is 80.5 cm³/mol. The van der Waals surface area contributed by atoms with Gasteiger partial charge in [0, 0.05) is 24.5 Å². The molecular formula is C15H17N3S. The Morgan fingerprint density at radius 2 is 2.16 bits per heavy atom. The summed E-state index contributed by atoms with van der Waals surface area (Å²) in [4.78, 5) is 5.83. The molecule has 3 rings (SSSR count). The molecule has 0 aliphatic carbocycles. The molecule has 0 atom stereocenters. The third kappa shape index (κ3) is 2.69. The Balaban J connectivity index is 1.57. The van der Waals surface area contributed by atoms with Crippen LogP contribution in [0.2, 0.25) is 0 Å². The third-order valence-corrected chi connectivity index (χ3v) is 4.33. The van der Waals surface area contributed by atoms with E-state index < -0.39 is 0 Å². The van der Waals surface area contributed by atoms with E-state index in [2.05, 4.69) is 45.4 Å². The molecule has 0 fully saturated rings. The maximum atomic E-state index is 4.40. The number of nitrogens with zero attached hydrogens (tertiary/aromatic N) is 2. The minimum Gasteiger partial charge on any atom is -0.329 e. The van der Waals surface area contributed by atoms with Gasteiger partial charge in [0.05, 0.1) is 17.4 Å². The first-order chi connectivity index (χ1) is 9.34. The molecule has 2 aromatic heterocycles. The highest BCUT2D eigenvalue weighted by molar-refractivity contribution is 7.10. The summed E-state index contributed by atoms with van der Waals surface area (Å²) < 4.78 is 2.20. The predicted octanol–water partition coefficient (Wildman–Crippen LogP) is 3.20. The van der Waals surface area contributed by atoms with Crippen molar-refractivity contribution in [1.29, 1.82) is 0 Å². The molecule has 3 nitrogen and oxygen atoms in total. The summed E-state index contributed by atoms with van der Waals surface area (Å²) in [5.41, 5.74) is 3.65. The number of para-hydroxylation sites is 2. The van der Waals surface area contributed by atoms with Gasteiger partial charge in [0.25, 0.3) is 0 Å². The van der Waals surface area contributed by atoms with Crippen molar-refractivity contribution >= 4 is 22.4 Å². The second-order valence-corrected chi connectivity index (χ2v) is 5.63. The topological polar surface area (TPSA) is 29.9 Å². The van der Waals surface area contributed by atoms with Crippen LogP contribution >= 0.6 is 11.3 Å². The molecule has 0 radical (unpaired) electrons. The van der Waals surface area contributed by atoms with Crippen LogP contribution < -0.4 is 5.32 Å². The minimum atomic E-state index is 0.949. The maximum absolute atomic E-state index is 4.40. The van der Waals surface area contributed by atoms with Crippen LogP contribution in [0, 0.1) is 6.92 Å². The number of imidazole rings is 1. The molecular weight excluding hydrogens is 254 g/mol. The zero-order valence-electron chi connectivity index (χ0n) is 11.0. The van der Waals surface area contributed by atoms with Crippen LogP contribution in [0.5, 0.6) is 0 Å². The zero-order valence-corrected chi connectivity index (χ0v) is 11.8. The van der Waals surface area contributed by atoms with Crippen molar-refractivity contribution in [2.75, 3.05) is 6.54 Å². The fourth-order valence-corrected chi connectivity index (χ4v) is 3.05. The Bertz CT molecular complexity index is 669. The molecule has 0 spiro atoms. The molecule has 0 saturated heterocycles. The number of aryl methyl sites for hydroxylation is 1. The lowest BCUT2D eigenvalue weighted by molar-refractivity contribution is 0.609. The van der Waals surface area contributed by atoms with Crippen LogP contribution in [0.4, 0.5) is 0 Å². The first-order valence-corrected chi connectivity index (χ1v) is 7.36. The lowest BCUT2D eigenvalue weighted by Crippen LogP contribution is -2.19. The van der Waals surface area contributed by atoms with Crippen LogP contribution in [0.25, 0.3) is 11.0 Å². The number of fused-ring (bicyclic) bond motifs is 1. The Kier molecular flexibility index (Phi) is 3.62. The average molecular weight is 271 g/mol. The van der Waals surface area contributed by atoms with Gasteiger partial charge < -0.3 is 9.88 Å². The van der Waals surface area contributed by atoms with Gasteiger partial charge in [-0.2, -0.15) is 0 Å². The summed E-state index contributed by atoms with van der Waals surface area (Å²) in [6.45, 7) is 5.02. The smallest absolute Gasteiger partial charge is 0.0958 e.